The van der Waals surface area contributed by atoms with E-state index in [-0.39, 0.29) is 12.3 Å². The molecule has 4 nitrogen and oxygen atoms in total. The summed E-state index contributed by atoms with van der Waals surface area (Å²) in [6.45, 7) is 3.74. The summed E-state index contributed by atoms with van der Waals surface area (Å²) >= 11 is 0. The fourth-order valence-electron chi connectivity index (χ4n) is 2.48. The minimum atomic E-state index is -0.737. The zero-order chi connectivity index (χ0) is 13.4. The first-order chi connectivity index (χ1) is 8.63. The van der Waals surface area contributed by atoms with Gasteiger partial charge in [-0.15, -0.1) is 0 Å². The van der Waals surface area contributed by atoms with Crippen LogP contribution in [0.15, 0.2) is 0 Å². The van der Waals surface area contributed by atoms with Gasteiger partial charge in [-0.05, 0) is 25.2 Å². The molecule has 18 heavy (non-hydrogen) atoms. The maximum Gasteiger partial charge on any atom is 0.303 e. The predicted octanol–water partition coefficient (Wildman–Crippen LogP) is 2.67. The smallest absolute Gasteiger partial charge is 0.303 e. The average molecular weight is 255 g/mol. The fraction of sp³-hybridized carbons (Fsp3) is 0.857. The number of carbonyl (C=O) groups excluding carboxylic acids is 1. The molecule has 104 valence electrons. The number of hydrogen-bond acceptors (Lipinski definition) is 2. The molecule has 1 N–H and O–H groups in total. The Morgan fingerprint density at radius 3 is 2.67 bits per heavy atom. The summed E-state index contributed by atoms with van der Waals surface area (Å²) in [4.78, 5) is 24.3. The van der Waals surface area contributed by atoms with Crippen LogP contribution in [0.25, 0.3) is 0 Å². The van der Waals surface area contributed by atoms with Gasteiger partial charge in [-0.2, -0.15) is 0 Å². The predicted molar refractivity (Wildman–Crippen MR) is 70.3 cm³/mol. The van der Waals surface area contributed by atoms with Crippen LogP contribution >= 0.6 is 0 Å². The highest BCUT2D eigenvalue weighted by Crippen LogP contribution is 2.22. The maximum atomic E-state index is 11.9. The molecule has 0 aliphatic carbocycles. The zero-order valence-electron chi connectivity index (χ0n) is 11.4. The zero-order valence-corrected chi connectivity index (χ0v) is 11.4. The van der Waals surface area contributed by atoms with Crippen LogP contribution in [0.5, 0.6) is 0 Å². The van der Waals surface area contributed by atoms with Gasteiger partial charge in [-0.3, -0.25) is 9.59 Å². The second-order valence-corrected chi connectivity index (χ2v) is 5.24. The van der Waals surface area contributed by atoms with Crippen LogP contribution in [-0.4, -0.2) is 35.0 Å². The highest BCUT2D eigenvalue weighted by Gasteiger charge is 2.25. The van der Waals surface area contributed by atoms with E-state index >= 15 is 0 Å². The van der Waals surface area contributed by atoms with Gasteiger partial charge in [0.25, 0.3) is 0 Å². The lowest BCUT2D eigenvalue weighted by molar-refractivity contribution is -0.137. The molecule has 0 radical (unpaired) electrons. The third kappa shape index (κ3) is 5.52. The number of likely N-dealkylation sites (tertiary alicyclic amines) is 1. The molecule has 1 fully saturated rings. The molecule has 0 bridgehead atoms. The molecule has 1 aliphatic heterocycles. The fourth-order valence-corrected chi connectivity index (χ4v) is 2.48. The summed E-state index contributed by atoms with van der Waals surface area (Å²) in [5.41, 5.74) is 0. The highest BCUT2D eigenvalue weighted by atomic mass is 16.4. The molecule has 1 atom stereocenters. The molecule has 1 saturated heterocycles. The van der Waals surface area contributed by atoms with E-state index in [1.807, 2.05) is 4.90 Å². The molecule has 0 saturated carbocycles. The van der Waals surface area contributed by atoms with E-state index < -0.39 is 5.97 Å². The Hall–Kier alpha value is -1.06. The molecule has 0 spiro atoms. The van der Waals surface area contributed by atoms with Gasteiger partial charge in [-0.1, -0.05) is 26.2 Å². The van der Waals surface area contributed by atoms with E-state index in [2.05, 4.69) is 6.92 Å². The first-order valence-corrected chi connectivity index (χ1v) is 7.13. The number of carboxylic acid groups (broad SMARTS) is 1. The van der Waals surface area contributed by atoms with Crippen LogP contribution < -0.4 is 0 Å². The molecule has 1 heterocycles. The van der Waals surface area contributed by atoms with Crippen molar-refractivity contribution in [1.29, 1.82) is 0 Å². The number of rotatable bonds is 8. The van der Waals surface area contributed by atoms with E-state index in [1.165, 1.54) is 12.8 Å². The van der Waals surface area contributed by atoms with E-state index in [9.17, 15) is 9.59 Å². The van der Waals surface area contributed by atoms with Gasteiger partial charge in [0.05, 0.1) is 0 Å². The van der Waals surface area contributed by atoms with Crippen molar-refractivity contribution in [2.75, 3.05) is 13.1 Å². The molecule has 1 aliphatic rings. The van der Waals surface area contributed by atoms with Gasteiger partial charge >= 0.3 is 5.97 Å². The number of amides is 1. The summed E-state index contributed by atoms with van der Waals surface area (Å²) in [5, 5.41) is 8.64. The van der Waals surface area contributed by atoms with Crippen molar-refractivity contribution in [2.45, 2.75) is 58.3 Å². The topological polar surface area (TPSA) is 57.6 Å². The van der Waals surface area contributed by atoms with Crippen LogP contribution in [-0.2, 0) is 9.59 Å². The molecule has 0 aromatic carbocycles. The summed E-state index contributed by atoms with van der Waals surface area (Å²) in [5.74, 6) is -0.0936. The number of nitrogens with zero attached hydrogens (tertiary/aromatic N) is 1. The van der Waals surface area contributed by atoms with Gasteiger partial charge in [0, 0.05) is 25.9 Å². The lowest BCUT2D eigenvalue weighted by atomic mass is 10.0. The van der Waals surface area contributed by atoms with Crippen LogP contribution in [0.2, 0.25) is 0 Å². The van der Waals surface area contributed by atoms with Gasteiger partial charge in [-0.25, -0.2) is 0 Å². The average Bonchev–Trinajstić information content (AvgIpc) is 2.80. The SMILES string of the molecule is CCCCCCC(=O)N1CCC(CCC(=O)O)C1. The second kappa shape index (κ2) is 8.11. The Morgan fingerprint density at radius 1 is 1.22 bits per heavy atom. The number of carbonyl (C=O) groups is 2. The lowest BCUT2D eigenvalue weighted by Gasteiger charge is -2.16. The normalized spacial score (nSPS) is 19.2. The summed E-state index contributed by atoms with van der Waals surface area (Å²) < 4.78 is 0. The summed E-state index contributed by atoms with van der Waals surface area (Å²) in [6.07, 6.45) is 7.07. The van der Waals surface area contributed by atoms with Crippen molar-refractivity contribution >= 4 is 11.9 Å². The quantitative estimate of drug-likeness (QED) is 0.678. The van der Waals surface area contributed by atoms with Crippen molar-refractivity contribution in [1.82, 2.24) is 4.90 Å². The van der Waals surface area contributed by atoms with E-state index in [1.54, 1.807) is 0 Å². The number of carboxylic acids is 1. The Morgan fingerprint density at radius 2 is 2.00 bits per heavy atom. The van der Waals surface area contributed by atoms with E-state index in [0.29, 0.717) is 18.8 Å². The third-order valence-corrected chi connectivity index (χ3v) is 3.65. The van der Waals surface area contributed by atoms with Crippen molar-refractivity contribution in [3.05, 3.63) is 0 Å². The van der Waals surface area contributed by atoms with E-state index in [0.717, 1.165) is 32.4 Å². The summed E-state index contributed by atoms with van der Waals surface area (Å²) in [7, 11) is 0. The van der Waals surface area contributed by atoms with E-state index in [4.69, 9.17) is 5.11 Å². The lowest BCUT2D eigenvalue weighted by Crippen LogP contribution is -2.28. The molecule has 1 unspecified atom stereocenters. The maximum absolute atomic E-state index is 11.9. The van der Waals surface area contributed by atoms with Gasteiger partial charge in [0.1, 0.15) is 0 Å². The highest BCUT2D eigenvalue weighted by molar-refractivity contribution is 5.76. The molecule has 4 heteroatoms. The van der Waals surface area contributed by atoms with Gasteiger partial charge in [0.2, 0.25) is 5.91 Å². The van der Waals surface area contributed by atoms with Gasteiger partial charge < -0.3 is 10.0 Å². The molecule has 1 amide bonds. The molecule has 1 rings (SSSR count). The number of aliphatic carboxylic acids is 1. The Bertz CT molecular complexity index is 278. The molecule has 0 aromatic rings. The second-order valence-electron chi connectivity index (χ2n) is 5.24. The Labute approximate surface area is 109 Å². The largest absolute Gasteiger partial charge is 0.481 e. The third-order valence-electron chi connectivity index (χ3n) is 3.65. The number of unbranched alkanes of at least 4 members (excludes halogenated alkanes) is 3. The minimum Gasteiger partial charge on any atom is -0.481 e. The Balaban J connectivity index is 2.16. The van der Waals surface area contributed by atoms with Crippen LogP contribution in [0.4, 0.5) is 0 Å². The van der Waals surface area contributed by atoms with Crippen LogP contribution in [0, 0.1) is 5.92 Å². The number of hydrogen-bond donors (Lipinski definition) is 1. The van der Waals surface area contributed by atoms with Crippen LogP contribution in [0.3, 0.4) is 0 Å². The van der Waals surface area contributed by atoms with Gasteiger partial charge in [0.15, 0.2) is 0 Å². The first kappa shape index (κ1) is 15.0. The van der Waals surface area contributed by atoms with Crippen molar-refractivity contribution in [3.63, 3.8) is 0 Å². The molecular weight excluding hydrogens is 230 g/mol. The molecule has 0 aromatic heterocycles. The van der Waals surface area contributed by atoms with Crippen molar-refractivity contribution in [2.24, 2.45) is 5.92 Å². The molecular formula is C14H25NO3. The summed E-state index contributed by atoms with van der Waals surface area (Å²) in [6, 6.07) is 0. The monoisotopic (exact) mass is 255 g/mol. The minimum absolute atomic E-state index is 0.225. The standard InChI is InChI=1S/C14H25NO3/c1-2-3-4-5-6-13(16)15-10-9-12(11-15)7-8-14(17)18/h12H,2-11H2,1H3,(H,17,18). The van der Waals surface area contributed by atoms with Crippen LogP contribution in [0.1, 0.15) is 58.3 Å². The Kier molecular flexibility index (Phi) is 6.76. The van der Waals surface area contributed by atoms with Crippen molar-refractivity contribution in [3.8, 4) is 0 Å². The van der Waals surface area contributed by atoms with Crippen molar-refractivity contribution < 1.29 is 14.7 Å². The first-order valence-electron chi connectivity index (χ1n) is 7.13.